The Morgan fingerprint density at radius 3 is 2.81 bits per heavy atom. The SMILES string of the molecule is Cc1cc(Br)ccc1NC(=O)c1c(OCS(=O)(=O)OC(C)C)cnn1C1CCCCO1. The molecule has 2 heterocycles. The van der Waals surface area contributed by atoms with Crippen molar-refractivity contribution >= 4 is 37.6 Å². The summed E-state index contributed by atoms with van der Waals surface area (Å²) in [5.41, 5.74) is 1.57. The standard InChI is InChI=1S/C20H26BrN3O6S/c1-13(2)30-31(26,27)12-29-17-11-22-24(18-6-4-5-9-28-18)19(17)20(25)23-16-8-7-15(21)10-14(16)3/h7-8,10-11,13,18H,4-6,9,12H2,1-3H3,(H,23,25). The van der Waals surface area contributed by atoms with Crippen molar-refractivity contribution in [3.8, 4) is 5.75 Å². The number of carbonyl (C=O) groups excluding carboxylic acids is 1. The number of rotatable bonds is 8. The van der Waals surface area contributed by atoms with Gasteiger partial charge in [-0.15, -0.1) is 0 Å². The summed E-state index contributed by atoms with van der Waals surface area (Å²) in [6, 6.07) is 5.47. The highest BCUT2D eigenvalue weighted by Gasteiger charge is 2.28. The minimum atomic E-state index is -3.93. The van der Waals surface area contributed by atoms with Crippen LogP contribution in [-0.4, -0.2) is 42.8 Å². The zero-order valence-electron chi connectivity index (χ0n) is 17.6. The van der Waals surface area contributed by atoms with E-state index in [1.54, 1.807) is 19.9 Å². The summed E-state index contributed by atoms with van der Waals surface area (Å²) in [5.74, 6) is -1.17. The molecule has 3 rings (SSSR count). The van der Waals surface area contributed by atoms with Crippen molar-refractivity contribution in [1.29, 1.82) is 0 Å². The van der Waals surface area contributed by atoms with Crippen LogP contribution in [0.3, 0.4) is 0 Å². The number of amides is 1. The molecule has 11 heteroatoms. The van der Waals surface area contributed by atoms with E-state index in [9.17, 15) is 13.2 Å². The first-order valence-electron chi connectivity index (χ1n) is 9.96. The van der Waals surface area contributed by atoms with E-state index >= 15 is 0 Å². The van der Waals surface area contributed by atoms with Gasteiger partial charge in [0.15, 0.2) is 17.7 Å². The highest BCUT2D eigenvalue weighted by Crippen LogP contribution is 2.29. The molecule has 1 aromatic carbocycles. The molecule has 1 amide bonds. The average molecular weight is 516 g/mol. The molecule has 31 heavy (non-hydrogen) atoms. The van der Waals surface area contributed by atoms with Crippen LogP contribution >= 0.6 is 15.9 Å². The van der Waals surface area contributed by atoms with Crippen LogP contribution < -0.4 is 10.1 Å². The van der Waals surface area contributed by atoms with Gasteiger partial charge in [0.2, 0.25) is 5.94 Å². The molecule has 1 unspecified atom stereocenters. The second kappa shape index (κ2) is 10.1. The third-order valence-corrected chi connectivity index (χ3v) is 6.12. The summed E-state index contributed by atoms with van der Waals surface area (Å²) >= 11 is 3.40. The fraction of sp³-hybridized carbons (Fsp3) is 0.500. The molecule has 1 atom stereocenters. The number of halogens is 1. The third kappa shape index (κ3) is 6.28. The Kier molecular flexibility index (Phi) is 7.73. The summed E-state index contributed by atoms with van der Waals surface area (Å²) in [7, 11) is -3.93. The van der Waals surface area contributed by atoms with E-state index in [0.29, 0.717) is 18.7 Å². The van der Waals surface area contributed by atoms with Gasteiger partial charge in [0.25, 0.3) is 5.91 Å². The number of nitrogens with one attached hydrogen (secondary N) is 1. The van der Waals surface area contributed by atoms with Crippen LogP contribution in [-0.2, 0) is 19.0 Å². The average Bonchev–Trinajstić information content (AvgIpc) is 3.12. The maximum Gasteiger partial charge on any atom is 0.303 e. The number of aromatic nitrogens is 2. The topological polar surface area (TPSA) is 109 Å². The Balaban J connectivity index is 1.88. The van der Waals surface area contributed by atoms with Gasteiger partial charge in [0.05, 0.1) is 12.3 Å². The van der Waals surface area contributed by atoms with Gasteiger partial charge in [-0.05, 0) is 63.8 Å². The smallest absolute Gasteiger partial charge is 0.303 e. The van der Waals surface area contributed by atoms with Crippen LogP contribution in [0.2, 0.25) is 0 Å². The number of hydrogen-bond acceptors (Lipinski definition) is 7. The number of hydrogen-bond donors (Lipinski definition) is 1. The lowest BCUT2D eigenvalue weighted by Gasteiger charge is -2.24. The number of aryl methyl sites for hydroxylation is 1. The maximum absolute atomic E-state index is 13.2. The minimum absolute atomic E-state index is 0.0392. The zero-order chi connectivity index (χ0) is 22.6. The van der Waals surface area contributed by atoms with Crippen molar-refractivity contribution in [1.82, 2.24) is 9.78 Å². The summed E-state index contributed by atoms with van der Waals surface area (Å²) in [6.07, 6.45) is 2.94. The van der Waals surface area contributed by atoms with E-state index in [-0.39, 0.29) is 11.4 Å². The predicted molar refractivity (Wildman–Crippen MR) is 119 cm³/mol. The van der Waals surface area contributed by atoms with E-state index < -0.39 is 34.3 Å². The van der Waals surface area contributed by atoms with E-state index in [2.05, 4.69) is 26.3 Å². The van der Waals surface area contributed by atoms with Gasteiger partial charge in [-0.25, -0.2) is 4.68 Å². The summed E-state index contributed by atoms with van der Waals surface area (Å²) < 4.78 is 42.6. The van der Waals surface area contributed by atoms with Crippen molar-refractivity contribution in [3.05, 3.63) is 40.1 Å². The molecule has 1 saturated heterocycles. The molecule has 2 aromatic rings. The van der Waals surface area contributed by atoms with Gasteiger partial charge in [-0.1, -0.05) is 15.9 Å². The van der Waals surface area contributed by atoms with Gasteiger partial charge >= 0.3 is 10.1 Å². The quantitative estimate of drug-likeness (QED) is 0.529. The molecular formula is C20H26BrN3O6S. The van der Waals surface area contributed by atoms with Crippen LogP contribution in [0.5, 0.6) is 5.75 Å². The van der Waals surface area contributed by atoms with Crippen LogP contribution in [0.1, 0.15) is 55.4 Å². The largest absolute Gasteiger partial charge is 0.471 e. The predicted octanol–water partition coefficient (Wildman–Crippen LogP) is 4.00. The van der Waals surface area contributed by atoms with Crippen molar-refractivity contribution < 1.29 is 26.9 Å². The van der Waals surface area contributed by atoms with Gasteiger partial charge in [0.1, 0.15) is 0 Å². The molecule has 1 aromatic heterocycles. The van der Waals surface area contributed by atoms with E-state index in [1.165, 1.54) is 10.9 Å². The van der Waals surface area contributed by atoms with E-state index in [4.69, 9.17) is 13.7 Å². The lowest BCUT2D eigenvalue weighted by molar-refractivity contribution is -0.0406. The first kappa shape index (κ1) is 23.7. The Bertz CT molecular complexity index is 1030. The molecule has 0 aliphatic carbocycles. The summed E-state index contributed by atoms with van der Waals surface area (Å²) in [5, 5.41) is 7.12. The van der Waals surface area contributed by atoms with Crippen LogP contribution in [0.15, 0.2) is 28.9 Å². The third-order valence-electron chi connectivity index (χ3n) is 4.54. The van der Waals surface area contributed by atoms with Crippen molar-refractivity contribution in [2.24, 2.45) is 0 Å². The highest BCUT2D eigenvalue weighted by atomic mass is 79.9. The number of anilines is 1. The first-order chi connectivity index (χ1) is 14.7. The molecule has 0 bridgehead atoms. The fourth-order valence-electron chi connectivity index (χ4n) is 3.21. The lowest BCUT2D eigenvalue weighted by atomic mass is 10.2. The van der Waals surface area contributed by atoms with Crippen LogP contribution in [0, 0.1) is 6.92 Å². The fourth-order valence-corrected chi connectivity index (χ4v) is 4.60. The molecule has 1 N–H and O–H groups in total. The van der Waals surface area contributed by atoms with Gasteiger partial charge in [-0.3, -0.25) is 8.98 Å². The monoisotopic (exact) mass is 515 g/mol. The van der Waals surface area contributed by atoms with Gasteiger partial charge < -0.3 is 14.8 Å². The normalized spacial score (nSPS) is 17.0. The minimum Gasteiger partial charge on any atom is -0.471 e. The molecule has 9 nitrogen and oxygen atoms in total. The van der Waals surface area contributed by atoms with Gasteiger partial charge in [0, 0.05) is 16.8 Å². The molecule has 0 saturated carbocycles. The second-order valence-corrected chi connectivity index (χ2v) is 9.96. The van der Waals surface area contributed by atoms with E-state index in [0.717, 1.165) is 22.9 Å². The number of carbonyl (C=O) groups is 1. The van der Waals surface area contributed by atoms with Gasteiger partial charge in [-0.2, -0.15) is 13.5 Å². The molecule has 1 aliphatic heterocycles. The number of benzene rings is 1. The maximum atomic E-state index is 13.2. The molecule has 1 fully saturated rings. The Morgan fingerprint density at radius 2 is 2.16 bits per heavy atom. The summed E-state index contributed by atoms with van der Waals surface area (Å²) in [6.45, 7) is 5.64. The van der Waals surface area contributed by atoms with Crippen LogP contribution in [0.4, 0.5) is 5.69 Å². The van der Waals surface area contributed by atoms with Crippen LogP contribution in [0.25, 0.3) is 0 Å². The zero-order valence-corrected chi connectivity index (χ0v) is 20.0. The van der Waals surface area contributed by atoms with Crippen molar-refractivity contribution in [2.45, 2.75) is 52.4 Å². The summed E-state index contributed by atoms with van der Waals surface area (Å²) in [4.78, 5) is 13.2. The Hall–Kier alpha value is -1.95. The molecule has 0 spiro atoms. The first-order valence-corrected chi connectivity index (χ1v) is 12.3. The van der Waals surface area contributed by atoms with Crippen molar-refractivity contribution in [2.75, 3.05) is 17.9 Å². The number of nitrogens with zero attached hydrogens (tertiary/aromatic N) is 2. The van der Waals surface area contributed by atoms with Crippen molar-refractivity contribution in [3.63, 3.8) is 0 Å². The Morgan fingerprint density at radius 1 is 1.39 bits per heavy atom. The lowest BCUT2D eigenvalue weighted by Crippen LogP contribution is -2.26. The highest BCUT2D eigenvalue weighted by molar-refractivity contribution is 9.10. The molecule has 1 aliphatic rings. The Labute approximate surface area is 190 Å². The van der Waals surface area contributed by atoms with E-state index in [1.807, 2.05) is 19.1 Å². The molecule has 170 valence electrons. The number of ether oxygens (including phenoxy) is 2. The molecule has 0 radical (unpaired) electrons. The molecular weight excluding hydrogens is 490 g/mol. The second-order valence-electron chi connectivity index (χ2n) is 7.50.